The number of methoxy groups -OCH3 is 2. The molecule has 0 unspecified atom stereocenters. The molecule has 5 nitrogen and oxygen atoms in total. The Hall–Kier alpha value is -1.79. The van der Waals surface area contributed by atoms with E-state index in [1.54, 1.807) is 26.0 Å². The van der Waals surface area contributed by atoms with E-state index >= 15 is 0 Å². The Bertz CT molecular complexity index is 673. The summed E-state index contributed by atoms with van der Waals surface area (Å²) >= 11 is 1.77. The van der Waals surface area contributed by atoms with Gasteiger partial charge in [0, 0.05) is 23.9 Å². The number of nitrogens with zero attached hydrogens (tertiary/aromatic N) is 3. The first-order valence-electron chi connectivity index (χ1n) is 8.71. The van der Waals surface area contributed by atoms with Crippen LogP contribution in [0.25, 0.3) is 11.3 Å². The van der Waals surface area contributed by atoms with Crippen LogP contribution in [0.5, 0.6) is 11.5 Å². The maximum absolute atomic E-state index is 5.45. The summed E-state index contributed by atoms with van der Waals surface area (Å²) in [5.74, 6) is 2.55. The minimum absolute atomic E-state index is 0.735. The van der Waals surface area contributed by atoms with Gasteiger partial charge in [-0.25, -0.2) is 0 Å². The second kappa shape index (κ2) is 9.06. The first-order chi connectivity index (χ1) is 12.3. The summed E-state index contributed by atoms with van der Waals surface area (Å²) in [5, 5.41) is 9.70. The average Bonchev–Trinajstić information content (AvgIpc) is 2.69. The van der Waals surface area contributed by atoms with Crippen LogP contribution in [0.15, 0.2) is 35.4 Å². The van der Waals surface area contributed by atoms with Gasteiger partial charge in [-0.1, -0.05) is 6.42 Å². The van der Waals surface area contributed by atoms with E-state index in [1.807, 2.05) is 30.3 Å². The molecule has 0 radical (unpaired) electrons. The fourth-order valence-corrected chi connectivity index (χ4v) is 3.83. The number of likely N-dealkylation sites (tertiary alicyclic amines) is 1. The first kappa shape index (κ1) is 18.0. The molecule has 1 fully saturated rings. The number of hydrogen-bond donors (Lipinski definition) is 0. The van der Waals surface area contributed by atoms with Crippen molar-refractivity contribution < 1.29 is 9.47 Å². The zero-order chi connectivity index (χ0) is 17.5. The molecule has 0 N–H and O–H groups in total. The summed E-state index contributed by atoms with van der Waals surface area (Å²) in [5.41, 5.74) is 1.72. The van der Waals surface area contributed by atoms with E-state index in [0.717, 1.165) is 40.1 Å². The first-order valence-corrected chi connectivity index (χ1v) is 9.70. The molecule has 2 aromatic rings. The zero-order valence-corrected chi connectivity index (χ0v) is 15.7. The Morgan fingerprint density at radius 2 is 1.84 bits per heavy atom. The van der Waals surface area contributed by atoms with Crippen LogP contribution in [0.1, 0.15) is 19.3 Å². The Kier molecular flexibility index (Phi) is 6.53. The number of ether oxygens (including phenoxy) is 2. The maximum atomic E-state index is 5.45. The minimum Gasteiger partial charge on any atom is -0.497 e. The van der Waals surface area contributed by atoms with Gasteiger partial charge in [0.15, 0.2) is 0 Å². The number of piperidine rings is 1. The molecule has 25 heavy (non-hydrogen) atoms. The van der Waals surface area contributed by atoms with Crippen molar-refractivity contribution in [1.82, 2.24) is 15.1 Å². The number of thioether (sulfide) groups is 1. The summed E-state index contributed by atoms with van der Waals surface area (Å²) in [4.78, 5) is 2.54. The summed E-state index contributed by atoms with van der Waals surface area (Å²) < 4.78 is 10.7. The molecule has 3 rings (SSSR count). The molecule has 0 bridgehead atoms. The summed E-state index contributed by atoms with van der Waals surface area (Å²) in [6.45, 7) is 3.60. The van der Waals surface area contributed by atoms with Crippen LogP contribution >= 0.6 is 11.8 Å². The standard InChI is InChI=1S/C19H25N3O2S/c1-23-15-6-7-16(18(14-15)24-2)17-8-9-19(21-20-17)25-13-12-22-10-4-3-5-11-22/h6-9,14H,3-5,10-13H2,1-2H3. The van der Waals surface area contributed by atoms with Crippen molar-refractivity contribution in [3.05, 3.63) is 30.3 Å². The van der Waals surface area contributed by atoms with Gasteiger partial charge in [-0.2, -0.15) is 0 Å². The molecule has 0 spiro atoms. The quantitative estimate of drug-likeness (QED) is 0.702. The van der Waals surface area contributed by atoms with E-state index in [-0.39, 0.29) is 0 Å². The Morgan fingerprint density at radius 3 is 2.52 bits per heavy atom. The number of hydrogen-bond acceptors (Lipinski definition) is 6. The molecule has 0 saturated carbocycles. The molecule has 2 heterocycles. The van der Waals surface area contributed by atoms with Crippen molar-refractivity contribution in [3.63, 3.8) is 0 Å². The predicted molar refractivity (Wildman–Crippen MR) is 102 cm³/mol. The van der Waals surface area contributed by atoms with Gasteiger partial charge < -0.3 is 14.4 Å². The Morgan fingerprint density at radius 1 is 1.00 bits per heavy atom. The fraction of sp³-hybridized carbons (Fsp3) is 0.474. The van der Waals surface area contributed by atoms with Gasteiger partial charge >= 0.3 is 0 Å². The highest BCUT2D eigenvalue weighted by molar-refractivity contribution is 7.99. The molecule has 1 aliphatic rings. The van der Waals surface area contributed by atoms with Crippen molar-refractivity contribution in [2.45, 2.75) is 24.3 Å². The van der Waals surface area contributed by atoms with Crippen molar-refractivity contribution in [3.8, 4) is 22.8 Å². The van der Waals surface area contributed by atoms with Gasteiger partial charge in [-0.15, -0.1) is 22.0 Å². The summed E-state index contributed by atoms with van der Waals surface area (Å²) in [6.07, 6.45) is 4.05. The van der Waals surface area contributed by atoms with Gasteiger partial charge in [-0.3, -0.25) is 0 Å². The molecule has 0 atom stereocenters. The van der Waals surface area contributed by atoms with Gasteiger partial charge in [-0.05, 0) is 50.2 Å². The number of aromatic nitrogens is 2. The molecule has 0 aliphatic carbocycles. The smallest absolute Gasteiger partial charge is 0.132 e. The van der Waals surface area contributed by atoms with Crippen LogP contribution in [-0.4, -0.2) is 54.7 Å². The van der Waals surface area contributed by atoms with Crippen LogP contribution in [-0.2, 0) is 0 Å². The van der Waals surface area contributed by atoms with Gasteiger partial charge in [0.1, 0.15) is 16.5 Å². The molecular formula is C19H25N3O2S. The van der Waals surface area contributed by atoms with Crippen LogP contribution in [0.3, 0.4) is 0 Å². The second-order valence-corrected chi connectivity index (χ2v) is 7.19. The van der Waals surface area contributed by atoms with Crippen LogP contribution in [0.4, 0.5) is 0 Å². The summed E-state index contributed by atoms with van der Waals surface area (Å²) in [6, 6.07) is 9.75. The van der Waals surface area contributed by atoms with E-state index in [2.05, 4.69) is 15.1 Å². The predicted octanol–water partition coefficient (Wildman–Crippen LogP) is 3.74. The van der Waals surface area contributed by atoms with E-state index < -0.39 is 0 Å². The lowest BCUT2D eigenvalue weighted by Gasteiger charge is -2.25. The molecule has 1 aromatic heterocycles. The molecular weight excluding hydrogens is 334 g/mol. The lowest BCUT2D eigenvalue weighted by Crippen LogP contribution is -2.31. The topological polar surface area (TPSA) is 47.5 Å². The molecule has 6 heteroatoms. The molecule has 1 aliphatic heterocycles. The normalized spacial score (nSPS) is 15.1. The highest BCUT2D eigenvalue weighted by Crippen LogP contribution is 2.32. The highest BCUT2D eigenvalue weighted by atomic mass is 32.2. The SMILES string of the molecule is COc1ccc(-c2ccc(SCCN3CCCCC3)nn2)c(OC)c1. The van der Waals surface area contributed by atoms with Crippen molar-refractivity contribution in [1.29, 1.82) is 0 Å². The minimum atomic E-state index is 0.735. The van der Waals surface area contributed by atoms with E-state index in [9.17, 15) is 0 Å². The summed E-state index contributed by atoms with van der Waals surface area (Å²) in [7, 11) is 3.29. The Balaban J connectivity index is 1.60. The fourth-order valence-electron chi connectivity index (χ4n) is 3.01. The zero-order valence-electron chi connectivity index (χ0n) is 14.9. The molecule has 0 amide bonds. The monoisotopic (exact) mass is 359 g/mol. The van der Waals surface area contributed by atoms with Gasteiger partial charge in [0.25, 0.3) is 0 Å². The average molecular weight is 359 g/mol. The maximum Gasteiger partial charge on any atom is 0.132 e. The Labute approximate surface area is 153 Å². The van der Waals surface area contributed by atoms with Crippen molar-refractivity contribution in [2.24, 2.45) is 0 Å². The lowest BCUT2D eigenvalue weighted by molar-refractivity contribution is 0.242. The van der Waals surface area contributed by atoms with Gasteiger partial charge in [0.05, 0.1) is 19.9 Å². The third-order valence-electron chi connectivity index (χ3n) is 4.43. The van der Waals surface area contributed by atoms with E-state index in [0.29, 0.717) is 0 Å². The molecule has 1 aromatic carbocycles. The second-order valence-electron chi connectivity index (χ2n) is 6.07. The van der Waals surface area contributed by atoms with Crippen LogP contribution < -0.4 is 9.47 Å². The molecule has 1 saturated heterocycles. The van der Waals surface area contributed by atoms with Gasteiger partial charge in [0.2, 0.25) is 0 Å². The van der Waals surface area contributed by atoms with E-state index in [4.69, 9.17) is 9.47 Å². The third kappa shape index (κ3) is 4.86. The lowest BCUT2D eigenvalue weighted by atomic mass is 10.1. The van der Waals surface area contributed by atoms with Crippen molar-refractivity contribution >= 4 is 11.8 Å². The largest absolute Gasteiger partial charge is 0.497 e. The van der Waals surface area contributed by atoms with Crippen LogP contribution in [0.2, 0.25) is 0 Å². The third-order valence-corrected chi connectivity index (χ3v) is 5.33. The molecule has 134 valence electrons. The van der Waals surface area contributed by atoms with Crippen LogP contribution in [0, 0.1) is 0 Å². The number of rotatable bonds is 7. The highest BCUT2D eigenvalue weighted by Gasteiger charge is 2.11. The van der Waals surface area contributed by atoms with Crippen molar-refractivity contribution in [2.75, 3.05) is 39.6 Å². The van der Waals surface area contributed by atoms with E-state index in [1.165, 1.54) is 32.4 Å². The number of benzene rings is 1.